The lowest BCUT2D eigenvalue weighted by atomic mass is 9.72. The monoisotopic (exact) mass is 825 g/mol. The Morgan fingerprint density at radius 3 is 2.05 bits per heavy atom. The van der Waals surface area contributed by atoms with Crippen molar-refractivity contribution >= 4 is 29.4 Å². The average Bonchev–Trinajstić information content (AvgIpc) is 3.77. The number of urea groups is 1. The fourth-order valence-electron chi connectivity index (χ4n) is 9.87. The maximum absolute atomic E-state index is 14.2. The van der Waals surface area contributed by atoms with Gasteiger partial charge in [0, 0.05) is 37.9 Å². The Labute approximate surface area is 352 Å². The molecule has 14 nitrogen and oxygen atoms in total. The Hall–Kier alpha value is -5.34. The molecule has 0 aromatic heterocycles. The molecule has 14 heteroatoms. The third-order valence-corrected chi connectivity index (χ3v) is 13.1. The molecule has 3 aromatic carbocycles. The fourth-order valence-corrected chi connectivity index (χ4v) is 9.87. The van der Waals surface area contributed by atoms with E-state index in [2.05, 4.69) is 34.6 Å². The fraction of sp³-hybridized carbons (Fsp3) is 0.522. The Morgan fingerprint density at radius 1 is 0.767 bits per heavy atom. The summed E-state index contributed by atoms with van der Waals surface area (Å²) in [7, 11) is 8.24. The predicted octanol–water partition coefficient (Wildman–Crippen LogP) is 6.35. The standard InChI is InChI=1S/C46H59N5O9/c1-7-29-26-49-17-14-30-21-40(56-3)42(58-5)23-34(30)37(49)19-32(29)20-38-35-24-43(59-6)41(57-4)22-31(35)15-18-51(38)46(55)60-27-28-10-12-33(13-11-28)48-45(54)50-16-8-9-36(50)44(53)39(52)25-47-2/h10-13,21-24,29,32,36-38,47H,7-9,14-20,25-27H2,1-6H3,(H,48,54)/t29?,32?,36-,37?,38?/m0/s1. The van der Waals surface area contributed by atoms with Crippen molar-refractivity contribution < 1.29 is 42.9 Å². The predicted molar refractivity (Wildman–Crippen MR) is 226 cm³/mol. The zero-order chi connectivity index (χ0) is 42.5. The molecular formula is C46H59N5O9. The molecule has 3 aromatic rings. The summed E-state index contributed by atoms with van der Waals surface area (Å²) in [4.78, 5) is 58.3. The van der Waals surface area contributed by atoms with Gasteiger partial charge in [-0.25, -0.2) is 9.59 Å². The topological polar surface area (TPSA) is 148 Å². The number of carbonyl (C=O) groups excluding carboxylic acids is 4. The molecule has 7 rings (SSSR count). The van der Waals surface area contributed by atoms with Crippen LogP contribution in [0.1, 0.15) is 78.9 Å². The van der Waals surface area contributed by atoms with E-state index in [9.17, 15) is 19.2 Å². The smallest absolute Gasteiger partial charge is 0.410 e. The van der Waals surface area contributed by atoms with E-state index in [0.29, 0.717) is 61.4 Å². The van der Waals surface area contributed by atoms with Gasteiger partial charge in [0.15, 0.2) is 23.0 Å². The van der Waals surface area contributed by atoms with E-state index in [0.717, 1.165) is 67.0 Å². The number of hydrogen-bond acceptors (Lipinski definition) is 11. The van der Waals surface area contributed by atoms with Crippen LogP contribution in [0.25, 0.3) is 0 Å². The molecule has 60 heavy (non-hydrogen) atoms. The van der Waals surface area contributed by atoms with Gasteiger partial charge in [-0.15, -0.1) is 0 Å². The Balaban J connectivity index is 1.07. The van der Waals surface area contributed by atoms with Crippen molar-refractivity contribution in [3.8, 4) is 23.0 Å². The minimum Gasteiger partial charge on any atom is -0.493 e. The molecule has 0 aliphatic carbocycles. The molecule has 5 atom stereocenters. The number of amides is 3. The lowest BCUT2D eigenvalue weighted by Gasteiger charge is -2.49. The van der Waals surface area contributed by atoms with Gasteiger partial charge in [0.1, 0.15) is 12.6 Å². The van der Waals surface area contributed by atoms with Crippen molar-refractivity contribution in [1.29, 1.82) is 0 Å². The van der Waals surface area contributed by atoms with Crippen LogP contribution < -0.4 is 29.6 Å². The number of anilines is 1. The van der Waals surface area contributed by atoms with Crippen LogP contribution in [0.5, 0.6) is 23.0 Å². The number of nitrogens with one attached hydrogen (secondary N) is 2. The molecule has 4 aliphatic heterocycles. The van der Waals surface area contributed by atoms with Gasteiger partial charge in [0.25, 0.3) is 0 Å². The second kappa shape index (κ2) is 18.9. The Bertz CT molecular complexity index is 2060. The second-order valence-corrected chi connectivity index (χ2v) is 16.3. The third-order valence-electron chi connectivity index (χ3n) is 13.1. The Morgan fingerprint density at radius 2 is 1.40 bits per heavy atom. The highest BCUT2D eigenvalue weighted by molar-refractivity contribution is 6.40. The van der Waals surface area contributed by atoms with Gasteiger partial charge in [-0.1, -0.05) is 25.5 Å². The molecule has 4 heterocycles. The van der Waals surface area contributed by atoms with Gasteiger partial charge in [0.2, 0.25) is 11.6 Å². The molecule has 2 fully saturated rings. The molecule has 4 unspecified atom stereocenters. The summed E-state index contributed by atoms with van der Waals surface area (Å²) in [6.07, 6.45) is 5.08. The average molecular weight is 826 g/mol. The van der Waals surface area contributed by atoms with Crippen molar-refractivity contribution in [3.05, 3.63) is 76.3 Å². The molecule has 322 valence electrons. The van der Waals surface area contributed by atoms with Gasteiger partial charge in [0.05, 0.1) is 41.0 Å². The number of ether oxygens (including phenoxy) is 5. The van der Waals surface area contributed by atoms with E-state index >= 15 is 0 Å². The number of hydrogen-bond donors (Lipinski definition) is 2. The lowest BCUT2D eigenvalue weighted by molar-refractivity contribution is -0.138. The van der Waals surface area contributed by atoms with Crippen molar-refractivity contribution in [2.45, 2.75) is 76.6 Å². The summed E-state index contributed by atoms with van der Waals surface area (Å²) in [6, 6.07) is 14.3. The Kier molecular flexibility index (Phi) is 13.5. The van der Waals surface area contributed by atoms with Crippen LogP contribution in [-0.2, 0) is 33.8 Å². The minimum absolute atomic E-state index is 0.0471. The maximum Gasteiger partial charge on any atom is 0.410 e. The third kappa shape index (κ3) is 8.76. The number of likely N-dealkylation sites (N-methyl/N-ethyl adjacent to an activating group) is 1. The highest BCUT2D eigenvalue weighted by Crippen LogP contribution is 2.49. The minimum atomic E-state index is -0.767. The van der Waals surface area contributed by atoms with Crippen molar-refractivity contribution in [2.75, 3.05) is 73.5 Å². The number of rotatable bonds is 14. The normalized spacial score (nSPS) is 22.2. The number of piperidine rings is 1. The highest BCUT2D eigenvalue weighted by Gasteiger charge is 2.43. The number of ketones is 2. The van der Waals surface area contributed by atoms with Crippen molar-refractivity contribution in [1.82, 2.24) is 20.0 Å². The van der Waals surface area contributed by atoms with Crippen LogP contribution >= 0.6 is 0 Å². The molecule has 2 saturated heterocycles. The van der Waals surface area contributed by atoms with Gasteiger partial charge < -0.3 is 44.1 Å². The van der Waals surface area contributed by atoms with E-state index in [4.69, 9.17) is 23.7 Å². The number of fused-ring (bicyclic) bond motifs is 4. The first-order chi connectivity index (χ1) is 29.1. The summed E-state index contributed by atoms with van der Waals surface area (Å²) in [5.74, 6) is 2.47. The van der Waals surface area contributed by atoms with E-state index in [-0.39, 0.29) is 31.3 Å². The van der Waals surface area contributed by atoms with Gasteiger partial charge in [-0.3, -0.25) is 14.5 Å². The summed E-state index contributed by atoms with van der Waals surface area (Å²) in [6.45, 7) is 5.12. The van der Waals surface area contributed by atoms with Gasteiger partial charge in [-0.2, -0.15) is 0 Å². The number of likely N-dealkylation sites (tertiary alicyclic amines) is 1. The van der Waals surface area contributed by atoms with Crippen LogP contribution in [0, 0.1) is 11.8 Å². The van der Waals surface area contributed by atoms with Crippen LogP contribution in [0.4, 0.5) is 15.3 Å². The van der Waals surface area contributed by atoms with Crippen LogP contribution in [-0.4, -0.2) is 113 Å². The first kappa shape index (κ1) is 42.8. The van der Waals surface area contributed by atoms with E-state index in [1.54, 1.807) is 59.8 Å². The number of methoxy groups -OCH3 is 4. The van der Waals surface area contributed by atoms with Crippen molar-refractivity contribution in [2.24, 2.45) is 11.8 Å². The molecule has 3 amide bonds. The van der Waals surface area contributed by atoms with E-state index < -0.39 is 23.6 Å². The molecule has 0 spiro atoms. The van der Waals surface area contributed by atoms with Crippen LogP contribution in [0.15, 0.2) is 48.5 Å². The zero-order valence-electron chi connectivity index (χ0n) is 35.7. The van der Waals surface area contributed by atoms with Crippen LogP contribution in [0.3, 0.4) is 0 Å². The lowest BCUT2D eigenvalue weighted by Crippen LogP contribution is -2.47. The number of nitrogens with zero attached hydrogens (tertiary/aromatic N) is 3. The SMILES string of the molecule is CCC1CN2CCc3cc(OC)c(OC)cc3C2CC1CC1c2cc(OC)c(OC)cc2CCN1C(=O)OCc1ccc(NC(=O)N2CCC[C@H]2C(=O)C(=O)CNC)cc1. The molecular weight excluding hydrogens is 767 g/mol. The molecule has 0 radical (unpaired) electrons. The number of Topliss-reactive ketones (excluding diaryl/α,β-unsaturated/α-hetero) is 2. The number of benzene rings is 3. The van der Waals surface area contributed by atoms with E-state index in [1.165, 1.54) is 16.0 Å². The zero-order valence-corrected chi connectivity index (χ0v) is 35.7. The van der Waals surface area contributed by atoms with E-state index in [1.807, 2.05) is 17.0 Å². The summed E-state index contributed by atoms with van der Waals surface area (Å²) >= 11 is 0. The molecule has 4 aliphatic rings. The maximum atomic E-state index is 14.2. The highest BCUT2D eigenvalue weighted by atomic mass is 16.6. The first-order valence-electron chi connectivity index (χ1n) is 21.2. The van der Waals surface area contributed by atoms with Gasteiger partial charge >= 0.3 is 12.1 Å². The summed E-state index contributed by atoms with van der Waals surface area (Å²) in [5, 5.41) is 5.56. The summed E-state index contributed by atoms with van der Waals surface area (Å²) in [5.41, 5.74) is 6.07. The van der Waals surface area contributed by atoms with Crippen molar-refractivity contribution in [3.63, 3.8) is 0 Å². The number of carbonyl (C=O) groups is 4. The van der Waals surface area contributed by atoms with Gasteiger partial charge in [-0.05, 0) is 122 Å². The molecule has 0 bridgehead atoms. The summed E-state index contributed by atoms with van der Waals surface area (Å²) < 4.78 is 28.9. The quantitative estimate of drug-likeness (QED) is 0.175. The molecule has 2 N–H and O–H groups in total. The van der Waals surface area contributed by atoms with Crippen LogP contribution in [0.2, 0.25) is 0 Å². The molecule has 0 saturated carbocycles. The largest absolute Gasteiger partial charge is 0.493 e. The second-order valence-electron chi connectivity index (χ2n) is 16.3. The first-order valence-corrected chi connectivity index (χ1v) is 21.2.